The number of benzene rings is 1. The van der Waals surface area contributed by atoms with E-state index < -0.39 is 12.7 Å². The fourth-order valence-corrected chi connectivity index (χ4v) is 5.03. The molecule has 1 heterocycles. The predicted molar refractivity (Wildman–Crippen MR) is 109 cm³/mol. The summed E-state index contributed by atoms with van der Waals surface area (Å²) in [5, 5.41) is 3.09. The van der Waals surface area contributed by atoms with Gasteiger partial charge in [0.2, 0.25) is 11.8 Å². The largest absolute Gasteiger partial charge is 0.435 e. The van der Waals surface area contributed by atoms with E-state index in [0.717, 1.165) is 30.4 Å². The number of thioether (sulfide) groups is 1. The van der Waals surface area contributed by atoms with E-state index in [1.165, 1.54) is 6.07 Å². The molecule has 1 aromatic rings. The first-order valence-corrected chi connectivity index (χ1v) is 11.0. The highest BCUT2D eigenvalue weighted by atomic mass is 32.2. The van der Waals surface area contributed by atoms with Gasteiger partial charge in [-0.1, -0.05) is 26.8 Å². The standard InChI is InChI=1S/C21H28F2N2O3S/c1-21(2,3)10-18(26)25-12-29-11-17(25)19(27)24-16-6-4-5-13-9-14(28-20(22)23)7-8-15(13)16/h7-9,16-17,20H,4-6,10-12H2,1-3H3,(H,24,27). The summed E-state index contributed by atoms with van der Waals surface area (Å²) in [6.07, 6.45) is 2.79. The van der Waals surface area contributed by atoms with Crippen LogP contribution in [0.4, 0.5) is 8.78 Å². The van der Waals surface area contributed by atoms with Gasteiger partial charge in [0.1, 0.15) is 11.8 Å². The Morgan fingerprint density at radius 3 is 2.79 bits per heavy atom. The van der Waals surface area contributed by atoms with Crippen LogP contribution in [0, 0.1) is 5.41 Å². The van der Waals surface area contributed by atoms with Gasteiger partial charge in [-0.3, -0.25) is 9.59 Å². The molecule has 2 unspecified atom stereocenters. The maximum atomic E-state index is 13.0. The van der Waals surface area contributed by atoms with Crippen molar-refractivity contribution in [1.29, 1.82) is 0 Å². The Labute approximate surface area is 174 Å². The van der Waals surface area contributed by atoms with E-state index in [4.69, 9.17) is 0 Å². The molecule has 2 atom stereocenters. The second kappa shape index (κ2) is 8.90. The molecule has 29 heavy (non-hydrogen) atoms. The van der Waals surface area contributed by atoms with Crippen LogP contribution in [-0.4, -0.2) is 41.0 Å². The topological polar surface area (TPSA) is 58.6 Å². The molecular weight excluding hydrogens is 398 g/mol. The number of carbonyl (C=O) groups excluding carboxylic acids is 2. The molecule has 1 saturated heterocycles. The Morgan fingerprint density at radius 2 is 2.10 bits per heavy atom. The van der Waals surface area contributed by atoms with E-state index in [1.54, 1.807) is 28.8 Å². The molecule has 5 nitrogen and oxygen atoms in total. The van der Waals surface area contributed by atoms with E-state index in [2.05, 4.69) is 10.1 Å². The maximum absolute atomic E-state index is 13.0. The fraction of sp³-hybridized carbons (Fsp3) is 0.619. The lowest BCUT2D eigenvalue weighted by Crippen LogP contribution is -2.49. The van der Waals surface area contributed by atoms with Crippen molar-refractivity contribution in [1.82, 2.24) is 10.2 Å². The summed E-state index contributed by atoms with van der Waals surface area (Å²) in [7, 11) is 0. The maximum Gasteiger partial charge on any atom is 0.387 e. The normalized spacial score (nSPS) is 21.8. The van der Waals surface area contributed by atoms with Gasteiger partial charge in [-0.15, -0.1) is 11.8 Å². The molecule has 1 N–H and O–H groups in total. The number of alkyl halides is 2. The van der Waals surface area contributed by atoms with E-state index in [1.807, 2.05) is 20.8 Å². The van der Waals surface area contributed by atoms with Gasteiger partial charge in [0.05, 0.1) is 11.9 Å². The molecule has 2 aliphatic rings. The minimum Gasteiger partial charge on any atom is -0.435 e. The van der Waals surface area contributed by atoms with Crippen LogP contribution in [0.3, 0.4) is 0 Å². The number of aryl methyl sites for hydroxylation is 1. The molecule has 1 aliphatic heterocycles. The number of hydrogen-bond donors (Lipinski definition) is 1. The Hall–Kier alpha value is -1.83. The number of nitrogens with one attached hydrogen (secondary N) is 1. The number of rotatable bonds is 5. The first-order chi connectivity index (χ1) is 13.6. The third-order valence-corrected chi connectivity index (χ3v) is 6.17. The van der Waals surface area contributed by atoms with E-state index >= 15 is 0 Å². The quantitative estimate of drug-likeness (QED) is 0.770. The van der Waals surface area contributed by atoms with Crippen molar-refractivity contribution in [3.05, 3.63) is 29.3 Å². The van der Waals surface area contributed by atoms with Crippen LogP contribution in [0.15, 0.2) is 18.2 Å². The molecule has 8 heteroatoms. The van der Waals surface area contributed by atoms with Crippen molar-refractivity contribution in [2.45, 2.75) is 65.1 Å². The lowest BCUT2D eigenvalue weighted by molar-refractivity contribution is -0.139. The zero-order chi connectivity index (χ0) is 21.2. The fourth-order valence-electron chi connectivity index (χ4n) is 3.85. The van der Waals surface area contributed by atoms with Gasteiger partial charge in [-0.25, -0.2) is 0 Å². The molecule has 160 valence electrons. The van der Waals surface area contributed by atoms with E-state index in [0.29, 0.717) is 18.1 Å². The van der Waals surface area contributed by atoms with Crippen molar-refractivity contribution in [2.24, 2.45) is 5.41 Å². The summed E-state index contributed by atoms with van der Waals surface area (Å²) >= 11 is 1.58. The highest BCUT2D eigenvalue weighted by Crippen LogP contribution is 2.33. The number of hydrogen-bond acceptors (Lipinski definition) is 4. The monoisotopic (exact) mass is 426 g/mol. The zero-order valence-corrected chi connectivity index (χ0v) is 17.9. The molecule has 0 spiro atoms. The molecule has 0 radical (unpaired) electrons. The van der Waals surface area contributed by atoms with Crippen molar-refractivity contribution in [3.63, 3.8) is 0 Å². The van der Waals surface area contributed by atoms with Gasteiger partial charge < -0.3 is 15.0 Å². The van der Waals surface area contributed by atoms with Crippen LogP contribution >= 0.6 is 11.8 Å². The first-order valence-electron chi connectivity index (χ1n) is 9.89. The summed E-state index contributed by atoms with van der Waals surface area (Å²) in [5.41, 5.74) is 1.72. The smallest absolute Gasteiger partial charge is 0.387 e. The molecule has 3 rings (SSSR count). The SMILES string of the molecule is CC(C)(C)CC(=O)N1CSCC1C(=O)NC1CCCc2cc(OC(F)F)ccc21. The van der Waals surface area contributed by atoms with Crippen molar-refractivity contribution in [2.75, 3.05) is 11.6 Å². The van der Waals surface area contributed by atoms with Gasteiger partial charge in [0.15, 0.2) is 0 Å². The number of halogens is 2. The minimum absolute atomic E-state index is 0.000448. The van der Waals surface area contributed by atoms with E-state index in [9.17, 15) is 18.4 Å². The molecule has 0 aromatic heterocycles. The van der Waals surface area contributed by atoms with Crippen LogP contribution in [0.2, 0.25) is 0 Å². The number of ether oxygens (including phenoxy) is 1. The number of fused-ring (bicyclic) bond motifs is 1. The first kappa shape index (κ1) is 21.9. The summed E-state index contributed by atoms with van der Waals surface area (Å²) in [4.78, 5) is 27.3. The second-order valence-electron chi connectivity index (χ2n) is 8.81. The summed E-state index contributed by atoms with van der Waals surface area (Å²) in [6.45, 7) is 3.17. The molecule has 1 fully saturated rings. The lowest BCUT2D eigenvalue weighted by Gasteiger charge is -2.30. The van der Waals surface area contributed by atoms with Gasteiger partial charge in [-0.05, 0) is 47.9 Å². The van der Waals surface area contributed by atoms with Crippen molar-refractivity contribution < 1.29 is 23.1 Å². The number of carbonyl (C=O) groups is 2. The highest BCUT2D eigenvalue weighted by Gasteiger charge is 2.37. The Bertz CT molecular complexity index is 767. The summed E-state index contributed by atoms with van der Waals surface area (Å²) in [5.74, 6) is 1.10. The molecular formula is C21H28F2N2O3S. The minimum atomic E-state index is -2.86. The zero-order valence-electron chi connectivity index (χ0n) is 17.0. The van der Waals surface area contributed by atoms with Crippen LogP contribution < -0.4 is 10.1 Å². The molecule has 2 amide bonds. The summed E-state index contributed by atoms with van der Waals surface area (Å²) < 4.78 is 29.4. The Kier molecular flexibility index (Phi) is 6.71. The van der Waals surface area contributed by atoms with Gasteiger partial charge in [0, 0.05) is 12.2 Å². The number of nitrogens with zero attached hydrogens (tertiary/aromatic N) is 1. The van der Waals surface area contributed by atoms with Crippen LogP contribution in [0.1, 0.15) is 57.2 Å². The third-order valence-electron chi connectivity index (χ3n) is 5.16. The molecule has 0 saturated carbocycles. The Balaban J connectivity index is 1.69. The average Bonchev–Trinajstić information content (AvgIpc) is 3.10. The second-order valence-corrected chi connectivity index (χ2v) is 9.81. The highest BCUT2D eigenvalue weighted by molar-refractivity contribution is 7.99. The summed E-state index contributed by atoms with van der Waals surface area (Å²) in [6, 6.07) is 4.24. The van der Waals surface area contributed by atoms with Gasteiger partial charge >= 0.3 is 6.61 Å². The number of amides is 2. The van der Waals surface area contributed by atoms with Crippen LogP contribution in [-0.2, 0) is 16.0 Å². The average molecular weight is 427 g/mol. The van der Waals surface area contributed by atoms with Gasteiger partial charge in [0.25, 0.3) is 0 Å². The lowest BCUT2D eigenvalue weighted by atomic mass is 9.87. The third kappa shape index (κ3) is 5.62. The van der Waals surface area contributed by atoms with Crippen molar-refractivity contribution >= 4 is 23.6 Å². The Morgan fingerprint density at radius 1 is 1.34 bits per heavy atom. The predicted octanol–water partition coefficient (Wildman–Crippen LogP) is 4.12. The molecule has 1 aromatic carbocycles. The van der Waals surface area contributed by atoms with Crippen LogP contribution in [0.25, 0.3) is 0 Å². The van der Waals surface area contributed by atoms with E-state index in [-0.39, 0.29) is 29.0 Å². The molecule has 1 aliphatic carbocycles. The van der Waals surface area contributed by atoms with Gasteiger partial charge in [-0.2, -0.15) is 8.78 Å². The molecule has 0 bridgehead atoms. The van der Waals surface area contributed by atoms with Crippen LogP contribution in [0.5, 0.6) is 5.75 Å². The van der Waals surface area contributed by atoms with Crippen molar-refractivity contribution in [3.8, 4) is 5.75 Å².